The molecule has 0 radical (unpaired) electrons. The van der Waals surface area contributed by atoms with Gasteiger partial charge in [0.25, 0.3) is 5.89 Å². The van der Waals surface area contributed by atoms with Crippen molar-refractivity contribution in [3.63, 3.8) is 0 Å². The second-order valence-corrected chi connectivity index (χ2v) is 5.41. The summed E-state index contributed by atoms with van der Waals surface area (Å²) in [4.78, 5) is 14.1. The van der Waals surface area contributed by atoms with E-state index in [1.807, 2.05) is 30.3 Å². The van der Waals surface area contributed by atoms with Crippen molar-refractivity contribution in [1.29, 1.82) is 0 Å². The molecule has 4 rings (SSSR count). The van der Waals surface area contributed by atoms with E-state index in [-0.39, 0.29) is 5.78 Å². The maximum Gasteiger partial charge on any atom is 0.257 e. The Morgan fingerprint density at radius 1 is 1.21 bits per heavy atom. The quantitative estimate of drug-likeness (QED) is 0.680. The number of carbonyl (C=O) groups excluding carboxylic acids is 1. The molecule has 0 N–H and O–H groups in total. The van der Waals surface area contributed by atoms with Crippen LogP contribution in [0, 0.1) is 0 Å². The van der Waals surface area contributed by atoms with E-state index in [0.29, 0.717) is 12.3 Å². The van der Waals surface area contributed by atoms with E-state index in [9.17, 15) is 4.79 Å². The van der Waals surface area contributed by atoms with Crippen LogP contribution in [-0.4, -0.2) is 16.0 Å². The van der Waals surface area contributed by atoms with Gasteiger partial charge in [0.05, 0.1) is 4.88 Å². The Labute approximate surface area is 112 Å². The maximum atomic E-state index is 12.1. The number of rotatable bonds is 1. The number of carbonyl (C=O) groups is 1. The molecule has 2 aromatic heterocycles. The van der Waals surface area contributed by atoms with E-state index < -0.39 is 0 Å². The highest BCUT2D eigenvalue weighted by Gasteiger charge is 2.25. The predicted molar refractivity (Wildman–Crippen MR) is 71.1 cm³/mol. The molecule has 0 saturated carbocycles. The fourth-order valence-electron chi connectivity index (χ4n) is 2.37. The van der Waals surface area contributed by atoms with Crippen molar-refractivity contribution in [2.75, 3.05) is 0 Å². The molecule has 5 heteroatoms. The zero-order valence-electron chi connectivity index (χ0n) is 9.79. The van der Waals surface area contributed by atoms with Crippen LogP contribution in [0.15, 0.2) is 41.1 Å². The third-order valence-electron chi connectivity index (χ3n) is 3.20. The van der Waals surface area contributed by atoms with Crippen LogP contribution in [0.25, 0.3) is 21.2 Å². The minimum atomic E-state index is 0.165. The third kappa shape index (κ3) is 1.55. The van der Waals surface area contributed by atoms with Crippen LogP contribution in [0.2, 0.25) is 0 Å². The molecular formula is C14H8N2O2S. The van der Waals surface area contributed by atoms with Gasteiger partial charge in [0.1, 0.15) is 0 Å². The van der Waals surface area contributed by atoms with Gasteiger partial charge in [0.15, 0.2) is 5.78 Å². The second kappa shape index (κ2) is 3.86. The van der Waals surface area contributed by atoms with Crippen molar-refractivity contribution < 1.29 is 9.21 Å². The van der Waals surface area contributed by atoms with Crippen LogP contribution >= 0.6 is 11.3 Å². The van der Waals surface area contributed by atoms with E-state index in [0.717, 1.165) is 26.4 Å². The summed E-state index contributed by atoms with van der Waals surface area (Å²) in [5.74, 6) is 0.669. The standard InChI is InChI=1S/C14H8N2O2S/c17-11-5-8-6-12(14-16-15-7-18-14)19-13(8)10-4-2-1-3-9(10)11/h1-4,6-7H,5H2. The molecule has 1 aliphatic carbocycles. The van der Waals surface area contributed by atoms with Crippen molar-refractivity contribution in [2.24, 2.45) is 0 Å². The molecule has 0 spiro atoms. The highest BCUT2D eigenvalue weighted by atomic mass is 32.1. The Hall–Kier alpha value is -2.27. The largest absolute Gasteiger partial charge is 0.423 e. The van der Waals surface area contributed by atoms with Crippen LogP contribution in [0.5, 0.6) is 0 Å². The molecule has 0 atom stereocenters. The molecule has 19 heavy (non-hydrogen) atoms. The lowest BCUT2D eigenvalue weighted by Crippen LogP contribution is -2.10. The highest BCUT2D eigenvalue weighted by molar-refractivity contribution is 7.19. The Bertz CT molecular complexity index is 775. The second-order valence-electron chi connectivity index (χ2n) is 4.35. The molecule has 0 amide bonds. The summed E-state index contributed by atoms with van der Waals surface area (Å²) in [5.41, 5.74) is 2.85. The van der Waals surface area contributed by atoms with Crippen molar-refractivity contribution in [1.82, 2.24) is 10.2 Å². The first-order valence-corrected chi connectivity index (χ1v) is 6.66. The first kappa shape index (κ1) is 10.6. The fraction of sp³-hybridized carbons (Fsp3) is 0.0714. The summed E-state index contributed by atoms with van der Waals surface area (Å²) in [6, 6.07) is 9.69. The minimum absolute atomic E-state index is 0.165. The molecule has 1 aromatic carbocycles. The summed E-state index contributed by atoms with van der Waals surface area (Å²) in [6.45, 7) is 0. The third-order valence-corrected chi connectivity index (χ3v) is 4.40. The predicted octanol–water partition coefficient (Wildman–Crippen LogP) is 3.20. The Kier molecular flexibility index (Phi) is 2.16. The zero-order valence-corrected chi connectivity index (χ0v) is 10.6. The molecule has 0 unspecified atom stereocenters. The number of thiophene rings is 1. The average Bonchev–Trinajstić information content (AvgIpc) is 3.07. The number of hydrogen-bond donors (Lipinski definition) is 0. The summed E-state index contributed by atoms with van der Waals surface area (Å²) >= 11 is 1.59. The lowest BCUT2D eigenvalue weighted by Gasteiger charge is -2.14. The first-order chi connectivity index (χ1) is 9.33. The van der Waals surface area contributed by atoms with Gasteiger partial charge in [-0.05, 0) is 11.6 Å². The van der Waals surface area contributed by atoms with Crippen molar-refractivity contribution in [3.05, 3.63) is 47.9 Å². The van der Waals surface area contributed by atoms with E-state index >= 15 is 0 Å². The Morgan fingerprint density at radius 3 is 2.84 bits per heavy atom. The monoisotopic (exact) mass is 268 g/mol. The average molecular weight is 268 g/mol. The van der Waals surface area contributed by atoms with Crippen LogP contribution in [-0.2, 0) is 6.42 Å². The normalized spacial score (nSPS) is 13.2. The molecule has 92 valence electrons. The fourth-order valence-corrected chi connectivity index (χ4v) is 3.51. The van der Waals surface area contributed by atoms with Crippen LogP contribution < -0.4 is 0 Å². The van der Waals surface area contributed by atoms with Gasteiger partial charge in [-0.15, -0.1) is 21.5 Å². The molecule has 1 aliphatic rings. The van der Waals surface area contributed by atoms with Gasteiger partial charge >= 0.3 is 0 Å². The van der Waals surface area contributed by atoms with Crippen LogP contribution in [0.4, 0.5) is 0 Å². The van der Waals surface area contributed by atoms with Crippen molar-refractivity contribution in [3.8, 4) is 21.2 Å². The number of benzene rings is 1. The number of Topliss-reactive ketones (excluding diaryl/α,β-unsaturated/α-hetero) is 1. The Morgan fingerprint density at radius 2 is 2.05 bits per heavy atom. The van der Waals surface area contributed by atoms with Crippen molar-refractivity contribution >= 4 is 17.1 Å². The lowest BCUT2D eigenvalue weighted by molar-refractivity contribution is 0.0992. The van der Waals surface area contributed by atoms with Gasteiger partial charge in [-0.1, -0.05) is 24.3 Å². The van der Waals surface area contributed by atoms with Gasteiger partial charge in [-0.2, -0.15) is 0 Å². The highest BCUT2D eigenvalue weighted by Crippen LogP contribution is 2.42. The smallest absolute Gasteiger partial charge is 0.257 e. The summed E-state index contributed by atoms with van der Waals surface area (Å²) < 4.78 is 5.22. The molecule has 2 heterocycles. The molecule has 0 saturated heterocycles. The number of ketones is 1. The molecule has 4 nitrogen and oxygen atoms in total. The molecule has 3 aromatic rings. The molecule has 0 aliphatic heterocycles. The van der Waals surface area contributed by atoms with Gasteiger partial charge in [0.2, 0.25) is 6.39 Å². The van der Waals surface area contributed by atoms with Crippen LogP contribution in [0.3, 0.4) is 0 Å². The van der Waals surface area contributed by atoms with Gasteiger partial charge in [-0.3, -0.25) is 4.79 Å². The number of nitrogens with zero attached hydrogens (tertiary/aromatic N) is 2. The van der Waals surface area contributed by atoms with Gasteiger partial charge in [-0.25, -0.2) is 0 Å². The topological polar surface area (TPSA) is 56.0 Å². The van der Waals surface area contributed by atoms with E-state index in [4.69, 9.17) is 4.42 Å². The minimum Gasteiger partial charge on any atom is -0.423 e. The summed E-state index contributed by atoms with van der Waals surface area (Å²) in [6.07, 6.45) is 1.75. The number of fused-ring (bicyclic) bond motifs is 3. The number of aromatic nitrogens is 2. The van der Waals surface area contributed by atoms with E-state index in [1.165, 1.54) is 6.39 Å². The van der Waals surface area contributed by atoms with E-state index in [2.05, 4.69) is 10.2 Å². The Balaban J connectivity index is 1.94. The van der Waals surface area contributed by atoms with E-state index in [1.54, 1.807) is 11.3 Å². The summed E-state index contributed by atoms with van der Waals surface area (Å²) in [7, 11) is 0. The first-order valence-electron chi connectivity index (χ1n) is 5.85. The molecule has 0 fully saturated rings. The number of hydrogen-bond acceptors (Lipinski definition) is 5. The maximum absolute atomic E-state index is 12.1. The van der Waals surface area contributed by atoms with Gasteiger partial charge in [0, 0.05) is 22.4 Å². The van der Waals surface area contributed by atoms with Crippen molar-refractivity contribution in [2.45, 2.75) is 6.42 Å². The van der Waals surface area contributed by atoms with Gasteiger partial charge < -0.3 is 4.42 Å². The molecule has 0 bridgehead atoms. The summed E-state index contributed by atoms with van der Waals surface area (Å²) in [5, 5.41) is 7.60. The van der Waals surface area contributed by atoms with Crippen LogP contribution in [0.1, 0.15) is 15.9 Å². The lowest BCUT2D eigenvalue weighted by atomic mass is 9.90. The molecular weight excluding hydrogens is 260 g/mol. The zero-order chi connectivity index (χ0) is 12.8. The SMILES string of the molecule is O=C1Cc2cc(-c3nnco3)sc2-c2ccccc21.